The topological polar surface area (TPSA) is 8.17 Å². The number of anilines is 3. The normalized spacial score (nSPS) is 13.9. The highest BCUT2D eigenvalue weighted by molar-refractivity contribution is 6.13. The predicted octanol–water partition coefficient (Wildman–Crippen LogP) is 18.1. The predicted molar refractivity (Wildman–Crippen MR) is 307 cm³/mol. The van der Waals surface area contributed by atoms with E-state index in [1.54, 1.807) is 0 Å². The number of benzene rings is 12. The Labute approximate surface area is 430 Å². The summed E-state index contributed by atoms with van der Waals surface area (Å²) >= 11 is 0. The molecule has 344 valence electrons. The Kier molecular flexibility index (Phi) is 8.62. The summed E-state index contributed by atoms with van der Waals surface area (Å²) in [6.07, 6.45) is 0. The molecule has 0 N–H and O–H groups in total. The van der Waals surface area contributed by atoms with Crippen LogP contribution in [0, 0.1) is 0 Å². The van der Waals surface area contributed by atoms with Crippen LogP contribution in [0.25, 0.3) is 71.6 Å². The smallest absolute Gasteiger partial charge is 0.0755 e. The Morgan fingerprint density at radius 2 is 0.757 bits per heavy atom. The largest absolute Gasteiger partial charge is 0.310 e. The lowest BCUT2D eigenvalue weighted by Gasteiger charge is -2.40. The van der Waals surface area contributed by atoms with E-state index in [9.17, 15) is 0 Å². The van der Waals surface area contributed by atoms with Crippen molar-refractivity contribution >= 4 is 49.6 Å². The van der Waals surface area contributed by atoms with E-state index in [0.29, 0.717) is 0 Å². The molecule has 0 radical (unpaired) electrons. The zero-order valence-corrected chi connectivity index (χ0v) is 40.5. The van der Waals surface area contributed by atoms with Gasteiger partial charge in [0.2, 0.25) is 0 Å². The van der Waals surface area contributed by atoms with E-state index in [0.717, 1.165) is 17.1 Å². The summed E-state index contributed by atoms with van der Waals surface area (Å²) in [5.74, 6) is 0. The number of hydrogen-bond donors (Lipinski definition) is 0. The number of para-hydroxylation sites is 2. The number of rotatable bonds is 6. The van der Waals surface area contributed by atoms with E-state index < -0.39 is 10.8 Å². The third-order valence-electron chi connectivity index (χ3n) is 16.9. The van der Waals surface area contributed by atoms with Crippen LogP contribution in [0.4, 0.5) is 17.1 Å². The van der Waals surface area contributed by atoms with Gasteiger partial charge in [-0.3, -0.25) is 0 Å². The molecule has 3 aliphatic rings. The summed E-state index contributed by atoms with van der Waals surface area (Å²) in [6.45, 7) is 0. The lowest BCUT2D eigenvalue weighted by Crippen LogP contribution is -2.33. The van der Waals surface area contributed by atoms with Gasteiger partial charge in [-0.2, -0.15) is 0 Å². The van der Waals surface area contributed by atoms with Gasteiger partial charge in [0.25, 0.3) is 0 Å². The minimum absolute atomic E-state index is 0.559. The Balaban J connectivity index is 0.991. The van der Waals surface area contributed by atoms with Crippen LogP contribution in [0.1, 0.15) is 44.5 Å². The van der Waals surface area contributed by atoms with E-state index in [-0.39, 0.29) is 0 Å². The van der Waals surface area contributed by atoms with Crippen LogP contribution in [0.3, 0.4) is 0 Å². The second-order valence-corrected chi connectivity index (χ2v) is 20.3. The highest BCUT2D eigenvalue weighted by Gasteiger charge is 2.51. The molecule has 2 heterocycles. The molecule has 1 aliphatic heterocycles. The first-order chi connectivity index (χ1) is 36.7. The molecule has 0 saturated carbocycles. The third-order valence-corrected chi connectivity index (χ3v) is 16.9. The molecule has 0 amide bonds. The van der Waals surface area contributed by atoms with E-state index in [1.807, 2.05) is 0 Å². The van der Waals surface area contributed by atoms with Crippen molar-refractivity contribution in [3.05, 3.63) is 324 Å². The van der Waals surface area contributed by atoms with Crippen molar-refractivity contribution in [2.24, 2.45) is 0 Å². The standard InChI is InChI=1S/C72H46N2/c1-3-21-49(22-4-1)71(50-23-5-2-6-24-50)62-32-13-9-28-58(62)59-43-41-52(45-66(59)71)73(51-39-37-48(38-40-51)55-30-17-20-47-19-7-8-25-54(47)55)53-42-44-69-67(46-53)72(63-33-14-10-26-56(63)57-27-11-15-34-64(57)72)65-35-18-31-61-60-29-12-16-36-68(60)74(69)70(61)65/h1-46H. The van der Waals surface area contributed by atoms with Crippen LogP contribution in [0.5, 0.6) is 0 Å². The molecule has 0 bridgehead atoms. The average Bonchev–Trinajstić information content (AvgIpc) is 4.08. The van der Waals surface area contributed by atoms with Gasteiger partial charge < -0.3 is 9.47 Å². The zero-order valence-electron chi connectivity index (χ0n) is 40.5. The number of nitrogens with zero attached hydrogens (tertiary/aromatic N) is 2. The summed E-state index contributed by atoms with van der Waals surface area (Å²) in [5.41, 5.74) is 23.6. The molecule has 12 aromatic carbocycles. The first-order valence-electron chi connectivity index (χ1n) is 25.8. The minimum Gasteiger partial charge on any atom is -0.310 e. The Morgan fingerprint density at radius 1 is 0.284 bits per heavy atom. The zero-order chi connectivity index (χ0) is 48.5. The molecule has 16 rings (SSSR count). The third kappa shape index (κ3) is 5.39. The van der Waals surface area contributed by atoms with Crippen LogP contribution < -0.4 is 4.90 Å². The van der Waals surface area contributed by atoms with Crippen LogP contribution >= 0.6 is 0 Å². The summed E-state index contributed by atoms with van der Waals surface area (Å²) in [6, 6.07) is 105. The van der Waals surface area contributed by atoms with Gasteiger partial charge >= 0.3 is 0 Å². The maximum absolute atomic E-state index is 2.55. The molecule has 2 heteroatoms. The molecule has 0 fully saturated rings. The highest BCUT2D eigenvalue weighted by atomic mass is 15.1. The molecule has 1 aromatic heterocycles. The summed E-state index contributed by atoms with van der Waals surface area (Å²) in [7, 11) is 0. The molecule has 13 aromatic rings. The fraction of sp³-hybridized carbons (Fsp3) is 0.0278. The summed E-state index contributed by atoms with van der Waals surface area (Å²) < 4.78 is 2.55. The van der Waals surface area contributed by atoms with Gasteiger partial charge in [0, 0.05) is 27.8 Å². The number of aromatic nitrogens is 1. The Hall–Kier alpha value is -9.50. The lowest BCUT2D eigenvalue weighted by molar-refractivity contribution is 0.748. The SMILES string of the molecule is c1ccc(C2(c3ccccc3)c3ccccc3-c3ccc(N(c4ccc(-c5cccc6ccccc56)cc4)c4ccc5c(c4)C4(c6ccccc6-c6ccccc64)c4cccc6c7ccccc7n-5c46)cc32)cc1. The first kappa shape index (κ1) is 41.2. The van der Waals surface area contributed by atoms with Crippen LogP contribution in [-0.4, -0.2) is 4.57 Å². The highest BCUT2D eigenvalue weighted by Crippen LogP contribution is 2.62. The fourth-order valence-corrected chi connectivity index (χ4v) is 14.0. The van der Waals surface area contributed by atoms with Gasteiger partial charge in [0.15, 0.2) is 0 Å². The number of fused-ring (bicyclic) bond motifs is 16. The molecule has 2 aliphatic carbocycles. The fourth-order valence-electron chi connectivity index (χ4n) is 14.0. The van der Waals surface area contributed by atoms with Gasteiger partial charge in [-0.05, 0) is 137 Å². The van der Waals surface area contributed by atoms with E-state index in [4.69, 9.17) is 0 Å². The molecule has 1 spiro atoms. The van der Waals surface area contributed by atoms with Crippen molar-refractivity contribution in [3.8, 4) is 39.1 Å². The van der Waals surface area contributed by atoms with Crippen molar-refractivity contribution in [1.82, 2.24) is 4.57 Å². The molecular formula is C72H46N2. The van der Waals surface area contributed by atoms with Gasteiger partial charge in [-0.25, -0.2) is 0 Å². The Morgan fingerprint density at radius 3 is 1.45 bits per heavy atom. The second kappa shape index (κ2) is 15.5. The molecule has 0 unspecified atom stereocenters. The maximum atomic E-state index is 2.55. The van der Waals surface area contributed by atoms with Gasteiger partial charge in [-0.15, -0.1) is 0 Å². The van der Waals surface area contributed by atoms with Crippen molar-refractivity contribution < 1.29 is 0 Å². The average molecular weight is 939 g/mol. The number of hydrogen-bond acceptors (Lipinski definition) is 1. The lowest BCUT2D eigenvalue weighted by atomic mass is 9.65. The van der Waals surface area contributed by atoms with Gasteiger partial charge in [0.05, 0.1) is 27.6 Å². The van der Waals surface area contributed by atoms with Crippen LogP contribution in [-0.2, 0) is 10.8 Å². The summed E-state index contributed by atoms with van der Waals surface area (Å²) in [4.78, 5) is 2.52. The Bertz CT molecular complexity index is 4340. The van der Waals surface area contributed by atoms with Crippen LogP contribution in [0.2, 0.25) is 0 Å². The summed E-state index contributed by atoms with van der Waals surface area (Å²) in [5, 5.41) is 5.03. The molecule has 74 heavy (non-hydrogen) atoms. The van der Waals surface area contributed by atoms with Gasteiger partial charge in [-0.1, -0.05) is 231 Å². The van der Waals surface area contributed by atoms with Crippen molar-refractivity contribution in [1.29, 1.82) is 0 Å². The van der Waals surface area contributed by atoms with Crippen molar-refractivity contribution in [3.63, 3.8) is 0 Å². The van der Waals surface area contributed by atoms with Crippen molar-refractivity contribution in [2.75, 3.05) is 4.90 Å². The molecular weight excluding hydrogens is 893 g/mol. The molecule has 0 saturated heterocycles. The maximum Gasteiger partial charge on any atom is 0.0755 e. The van der Waals surface area contributed by atoms with E-state index >= 15 is 0 Å². The molecule has 2 nitrogen and oxygen atoms in total. The monoisotopic (exact) mass is 938 g/mol. The van der Waals surface area contributed by atoms with Gasteiger partial charge in [0.1, 0.15) is 0 Å². The van der Waals surface area contributed by atoms with E-state index in [2.05, 4.69) is 289 Å². The second-order valence-electron chi connectivity index (χ2n) is 20.3. The first-order valence-corrected chi connectivity index (χ1v) is 25.8. The minimum atomic E-state index is -0.596. The van der Waals surface area contributed by atoms with E-state index in [1.165, 1.54) is 116 Å². The van der Waals surface area contributed by atoms with Crippen molar-refractivity contribution in [2.45, 2.75) is 10.8 Å². The quantitative estimate of drug-likeness (QED) is 0.161. The van der Waals surface area contributed by atoms with Crippen LogP contribution in [0.15, 0.2) is 279 Å². The molecule has 0 atom stereocenters.